The summed E-state index contributed by atoms with van der Waals surface area (Å²) in [7, 11) is 3.12. The van der Waals surface area contributed by atoms with Gasteiger partial charge >= 0.3 is 0 Å². The van der Waals surface area contributed by atoms with Gasteiger partial charge in [-0.25, -0.2) is 4.39 Å². The molecule has 0 saturated carbocycles. The topological polar surface area (TPSA) is 30.5 Å². The average molecular weight is 239 g/mol. The number of nitrogens with one attached hydrogen (secondary N) is 1. The molecule has 1 aliphatic rings. The van der Waals surface area contributed by atoms with Gasteiger partial charge in [-0.3, -0.25) is 0 Å². The third kappa shape index (κ3) is 2.36. The van der Waals surface area contributed by atoms with Gasteiger partial charge in [-0.2, -0.15) is 0 Å². The molecule has 17 heavy (non-hydrogen) atoms. The summed E-state index contributed by atoms with van der Waals surface area (Å²) in [6.45, 7) is 1.80. The van der Waals surface area contributed by atoms with E-state index in [0.29, 0.717) is 17.1 Å². The highest BCUT2D eigenvalue weighted by atomic mass is 19.1. The molecule has 1 saturated heterocycles. The van der Waals surface area contributed by atoms with Gasteiger partial charge < -0.3 is 14.8 Å². The minimum Gasteiger partial charge on any atom is -0.493 e. The van der Waals surface area contributed by atoms with Crippen molar-refractivity contribution in [2.75, 3.05) is 27.3 Å². The molecule has 1 N–H and O–H groups in total. The van der Waals surface area contributed by atoms with Crippen LogP contribution in [0.25, 0.3) is 0 Å². The van der Waals surface area contributed by atoms with Gasteiger partial charge in [0, 0.05) is 18.0 Å². The minimum absolute atomic E-state index is 0.161. The molecule has 0 bridgehead atoms. The van der Waals surface area contributed by atoms with Crippen LogP contribution in [-0.2, 0) is 0 Å². The van der Waals surface area contributed by atoms with E-state index in [1.54, 1.807) is 20.3 Å². The first-order valence-electron chi connectivity index (χ1n) is 5.89. The molecule has 1 atom stereocenters. The van der Waals surface area contributed by atoms with Crippen molar-refractivity contribution >= 4 is 0 Å². The van der Waals surface area contributed by atoms with Crippen molar-refractivity contribution < 1.29 is 13.9 Å². The Labute approximate surface area is 101 Å². The molecule has 1 aliphatic heterocycles. The number of hydrogen-bond donors (Lipinski definition) is 1. The second-order valence-electron chi connectivity index (χ2n) is 4.24. The Morgan fingerprint density at radius 3 is 2.71 bits per heavy atom. The summed E-state index contributed by atoms with van der Waals surface area (Å²) in [5, 5.41) is 3.29. The van der Waals surface area contributed by atoms with Crippen LogP contribution >= 0.6 is 0 Å². The number of hydrogen-bond acceptors (Lipinski definition) is 3. The largest absolute Gasteiger partial charge is 0.493 e. The first-order chi connectivity index (χ1) is 8.27. The zero-order chi connectivity index (χ0) is 12.3. The Morgan fingerprint density at radius 1 is 1.29 bits per heavy atom. The number of halogens is 1. The molecule has 0 aliphatic carbocycles. The molecular formula is C13H18FNO2. The Balaban J connectivity index is 2.41. The summed E-state index contributed by atoms with van der Waals surface area (Å²) in [6, 6.07) is 3.05. The highest BCUT2D eigenvalue weighted by Crippen LogP contribution is 2.39. The summed E-state index contributed by atoms with van der Waals surface area (Å²) >= 11 is 0. The van der Waals surface area contributed by atoms with E-state index >= 15 is 0 Å². The van der Waals surface area contributed by atoms with Gasteiger partial charge in [0.15, 0.2) is 11.5 Å². The van der Waals surface area contributed by atoms with Crippen LogP contribution < -0.4 is 14.8 Å². The van der Waals surface area contributed by atoms with Crippen molar-refractivity contribution in [3.05, 3.63) is 23.5 Å². The molecule has 0 aromatic heterocycles. The Bertz CT molecular complexity index is 389. The molecule has 4 heteroatoms. The molecule has 1 heterocycles. The van der Waals surface area contributed by atoms with Crippen molar-refractivity contribution in [1.29, 1.82) is 0 Å². The Hall–Kier alpha value is -1.29. The number of benzene rings is 1. The minimum atomic E-state index is -0.212. The SMILES string of the molecule is COc1ccc(F)c(C2CCCNC2)c1OC. The fourth-order valence-electron chi connectivity index (χ4n) is 2.41. The van der Waals surface area contributed by atoms with E-state index < -0.39 is 0 Å². The lowest BCUT2D eigenvalue weighted by molar-refractivity contribution is 0.339. The first kappa shape index (κ1) is 12.2. The summed E-state index contributed by atoms with van der Waals surface area (Å²) < 4.78 is 24.5. The van der Waals surface area contributed by atoms with Crippen LogP contribution in [0.3, 0.4) is 0 Å². The van der Waals surface area contributed by atoms with Crippen molar-refractivity contribution in [3.8, 4) is 11.5 Å². The predicted molar refractivity (Wildman–Crippen MR) is 64.3 cm³/mol. The van der Waals surface area contributed by atoms with E-state index in [9.17, 15) is 4.39 Å². The molecule has 1 aromatic carbocycles. The van der Waals surface area contributed by atoms with Crippen molar-refractivity contribution in [2.24, 2.45) is 0 Å². The molecule has 1 aromatic rings. The molecule has 3 nitrogen and oxygen atoms in total. The van der Waals surface area contributed by atoms with Crippen LogP contribution in [0.5, 0.6) is 11.5 Å². The second-order valence-corrected chi connectivity index (χ2v) is 4.24. The maximum Gasteiger partial charge on any atom is 0.167 e. The summed E-state index contributed by atoms with van der Waals surface area (Å²) in [5.41, 5.74) is 0.638. The van der Waals surface area contributed by atoms with Crippen LogP contribution in [0.1, 0.15) is 24.3 Å². The zero-order valence-corrected chi connectivity index (χ0v) is 10.3. The number of ether oxygens (including phenoxy) is 2. The van der Waals surface area contributed by atoms with Gasteiger partial charge in [0.25, 0.3) is 0 Å². The number of piperidine rings is 1. The second kappa shape index (κ2) is 5.36. The van der Waals surface area contributed by atoms with Crippen LogP contribution in [0.15, 0.2) is 12.1 Å². The lowest BCUT2D eigenvalue weighted by Gasteiger charge is -2.25. The molecule has 0 spiro atoms. The van der Waals surface area contributed by atoms with Crippen molar-refractivity contribution in [1.82, 2.24) is 5.32 Å². The lowest BCUT2D eigenvalue weighted by atomic mass is 9.90. The standard InChI is InChI=1S/C13H18FNO2/c1-16-11-6-5-10(14)12(13(11)17-2)9-4-3-7-15-8-9/h5-6,9,15H,3-4,7-8H2,1-2H3. The van der Waals surface area contributed by atoms with Gasteiger partial charge in [-0.05, 0) is 31.5 Å². The number of methoxy groups -OCH3 is 2. The molecule has 1 unspecified atom stereocenters. The smallest absolute Gasteiger partial charge is 0.167 e. The third-order valence-corrected chi connectivity index (χ3v) is 3.24. The van der Waals surface area contributed by atoms with Gasteiger partial charge in [-0.15, -0.1) is 0 Å². The van der Waals surface area contributed by atoms with Gasteiger partial charge in [-0.1, -0.05) is 0 Å². The maximum atomic E-state index is 14.0. The van der Waals surface area contributed by atoms with Crippen molar-refractivity contribution in [3.63, 3.8) is 0 Å². The molecular weight excluding hydrogens is 221 g/mol. The third-order valence-electron chi connectivity index (χ3n) is 3.24. The van der Waals surface area contributed by atoms with E-state index in [4.69, 9.17) is 9.47 Å². The van der Waals surface area contributed by atoms with Crippen molar-refractivity contribution in [2.45, 2.75) is 18.8 Å². The van der Waals surface area contributed by atoms with E-state index in [0.717, 1.165) is 25.9 Å². The van der Waals surface area contributed by atoms with Gasteiger partial charge in [0.2, 0.25) is 0 Å². The molecule has 0 radical (unpaired) electrons. The highest BCUT2D eigenvalue weighted by Gasteiger charge is 2.24. The van der Waals surface area contributed by atoms with E-state index in [2.05, 4.69) is 5.32 Å². The van der Waals surface area contributed by atoms with Crippen LogP contribution in [-0.4, -0.2) is 27.3 Å². The maximum absolute atomic E-state index is 14.0. The van der Waals surface area contributed by atoms with E-state index in [1.807, 2.05) is 0 Å². The zero-order valence-electron chi connectivity index (χ0n) is 10.3. The molecule has 2 rings (SSSR count). The quantitative estimate of drug-likeness (QED) is 0.878. The lowest BCUT2D eigenvalue weighted by Crippen LogP contribution is -2.29. The average Bonchev–Trinajstić information content (AvgIpc) is 2.39. The Morgan fingerprint density at radius 2 is 2.12 bits per heavy atom. The summed E-state index contributed by atoms with van der Waals surface area (Å²) in [6.07, 6.45) is 2.04. The molecule has 1 fully saturated rings. The monoisotopic (exact) mass is 239 g/mol. The number of rotatable bonds is 3. The fraction of sp³-hybridized carbons (Fsp3) is 0.538. The molecule has 0 amide bonds. The summed E-state index contributed by atoms with van der Waals surface area (Å²) in [5.74, 6) is 1.07. The first-order valence-corrected chi connectivity index (χ1v) is 5.89. The highest BCUT2D eigenvalue weighted by molar-refractivity contribution is 5.49. The molecule has 94 valence electrons. The van der Waals surface area contributed by atoms with E-state index in [1.165, 1.54) is 6.07 Å². The predicted octanol–water partition coefficient (Wildman–Crippen LogP) is 2.31. The van der Waals surface area contributed by atoms with Crippen LogP contribution in [0.2, 0.25) is 0 Å². The van der Waals surface area contributed by atoms with Gasteiger partial charge in [0.05, 0.1) is 14.2 Å². The fourth-order valence-corrected chi connectivity index (χ4v) is 2.41. The van der Waals surface area contributed by atoms with Crippen LogP contribution in [0.4, 0.5) is 4.39 Å². The summed E-state index contributed by atoms with van der Waals surface area (Å²) in [4.78, 5) is 0. The van der Waals surface area contributed by atoms with Crippen LogP contribution in [0, 0.1) is 5.82 Å². The van der Waals surface area contributed by atoms with Gasteiger partial charge in [0.1, 0.15) is 5.82 Å². The van der Waals surface area contributed by atoms with E-state index in [-0.39, 0.29) is 11.7 Å². The normalized spacial score (nSPS) is 20.1. The Kier molecular flexibility index (Phi) is 3.84.